The first-order valence-electron chi connectivity index (χ1n) is 9.76. The third-order valence-corrected chi connectivity index (χ3v) is 3.56. The largest absolute Gasteiger partial charge is 2.00 e. The van der Waals surface area contributed by atoms with Crippen molar-refractivity contribution in [2.45, 2.75) is 65.2 Å². The van der Waals surface area contributed by atoms with Crippen LogP contribution in [0, 0.1) is 0 Å². The molecule has 0 heterocycles. The average Bonchev–Trinajstić information content (AvgIpc) is 2.65. The second-order valence-electron chi connectivity index (χ2n) is 6.21. The molecular formula is C22H28Mg2O8. The molecule has 10 heteroatoms. The molecule has 0 atom stereocenters. The van der Waals surface area contributed by atoms with Crippen LogP contribution in [0.4, 0.5) is 0 Å². The molecule has 32 heavy (non-hydrogen) atoms. The van der Waals surface area contributed by atoms with Gasteiger partial charge in [0, 0.05) is 0 Å². The Morgan fingerprint density at radius 3 is 1.12 bits per heavy atom. The maximum atomic E-state index is 10.4. The summed E-state index contributed by atoms with van der Waals surface area (Å²) >= 11 is 0. The predicted octanol–water partition coefficient (Wildman–Crippen LogP) is -1.66. The predicted molar refractivity (Wildman–Crippen MR) is 114 cm³/mol. The number of unbranched alkanes of at least 4 members (excludes halogenated alkanes) is 6. The average molecular weight is 469 g/mol. The van der Waals surface area contributed by atoms with E-state index in [2.05, 4.69) is 13.8 Å². The van der Waals surface area contributed by atoms with E-state index < -0.39 is 23.9 Å². The summed E-state index contributed by atoms with van der Waals surface area (Å²) in [5, 5.41) is 41.1. The number of carbonyl (C=O) groups excluding carboxylic acids is 4. The molecule has 0 amide bonds. The van der Waals surface area contributed by atoms with Crippen molar-refractivity contribution < 1.29 is 39.6 Å². The van der Waals surface area contributed by atoms with Gasteiger partial charge >= 0.3 is 46.1 Å². The van der Waals surface area contributed by atoms with Gasteiger partial charge in [-0.05, 0) is 49.0 Å². The number of allylic oxidation sites excluding steroid dienone is 2. The van der Waals surface area contributed by atoms with Crippen LogP contribution in [-0.4, -0.2) is 70.0 Å². The number of carboxylic acids is 4. The van der Waals surface area contributed by atoms with Crippen molar-refractivity contribution >= 4 is 70.0 Å². The van der Waals surface area contributed by atoms with E-state index in [-0.39, 0.29) is 57.3 Å². The minimum atomic E-state index is -1.53. The molecule has 0 saturated heterocycles. The van der Waals surface area contributed by atoms with Crippen molar-refractivity contribution in [2.75, 3.05) is 0 Å². The first-order chi connectivity index (χ1) is 14.1. The summed E-state index contributed by atoms with van der Waals surface area (Å²) in [6.45, 7) is 4.12. The normalized spacial score (nSPS) is 11.2. The van der Waals surface area contributed by atoms with Crippen molar-refractivity contribution in [2.24, 2.45) is 0 Å². The third-order valence-electron chi connectivity index (χ3n) is 3.56. The summed E-state index contributed by atoms with van der Waals surface area (Å²) in [5.74, 6) is -6.09. The van der Waals surface area contributed by atoms with Crippen molar-refractivity contribution in [1.82, 2.24) is 0 Å². The van der Waals surface area contributed by atoms with Gasteiger partial charge < -0.3 is 39.6 Å². The van der Waals surface area contributed by atoms with Gasteiger partial charge in [0.15, 0.2) is 0 Å². The van der Waals surface area contributed by atoms with Crippen LogP contribution in [0.25, 0.3) is 0 Å². The van der Waals surface area contributed by atoms with Crippen LogP contribution in [0.3, 0.4) is 0 Å². The molecule has 0 unspecified atom stereocenters. The van der Waals surface area contributed by atoms with Crippen LogP contribution in [-0.2, 0) is 19.2 Å². The van der Waals surface area contributed by atoms with E-state index >= 15 is 0 Å². The van der Waals surface area contributed by atoms with Crippen LogP contribution >= 0.6 is 0 Å². The van der Waals surface area contributed by atoms with Crippen LogP contribution in [0.1, 0.15) is 65.2 Å². The molecule has 0 N–H and O–H groups in total. The fourth-order valence-electron chi connectivity index (χ4n) is 2.05. The van der Waals surface area contributed by atoms with Crippen molar-refractivity contribution in [1.29, 1.82) is 0 Å². The molecule has 0 rings (SSSR count). The third kappa shape index (κ3) is 26.4. The molecule has 0 aromatic rings. The van der Waals surface area contributed by atoms with E-state index in [1.165, 1.54) is 12.2 Å². The summed E-state index contributed by atoms with van der Waals surface area (Å²) in [6, 6.07) is 0. The molecule has 0 aliphatic carbocycles. The molecular weight excluding hydrogens is 441 g/mol. The molecule has 0 aromatic heterocycles. The Hall–Kier alpha value is -1.63. The topological polar surface area (TPSA) is 161 Å². The molecule has 0 aliphatic rings. The van der Waals surface area contributed by atoms with Gasteiger partial charge in [0.25, 0.3) is 0 Å². The Morgan fingerprint density at radius 1 is 0.594 bits per heavy atom. The summed E-state index contributed by atoms with van der Waals surface area (Å²) < 4.78 is 0. The summed E-state index contributed by atoms with van der Waals surface area (Å²) in [5.41, 5.74) is -0.738. The number of hydrogen-bond acceptors (Lipinski definition) is 8. The van der Waals surface area contributed by atoms with E-state index in [1.54, 1.807) is 12.2 Å². The van der Waals surface area contributed by atoms with Gasteiger partial charge in [0.05, 0.1) is 23.9 Å². The molecule has 0 spiro atoms. The van der Waals surface area contributed by atoms with Crippen LogP contribution in [0.2, 0.25) is 0 Å². The minimum absolute atomic E-state index is 0. The molecule has 0 fully saturated rings. The van der Waals surface area contributed by atoms with Gasteiger partial charge in [-0.15, -0.1) is 0 Å². The maximum Gasteiger partial charge on any atom is 2.00 e. The first-order valence-corrected chi connectivity index (χ1v) is 9.76. The molecule has 168 valence electrons. The molecule has 8 nitrogen and oxygen atoms in total. The van der Waals surface area contributed by atoms with Gasteiger partial charge in [0.2, 0.25) is 0 Å². The fraction of sp³-hybridized carbons (Fsp3) is 0.455. The molecule has 0 aliphatic heterocycles. The fourth-order valence-corrected chi connectivity index (χ4v) is 2.05. The van der Waals surface area contributed by atoms with Crippen LogP contribution < -0.4 is 20.4 Å². The minimum Gasteiger partial charge on any atom is -0.545 e. The van der Waals surface area contributed by atoms with Crippen molar-refractivity contribution in [3.8, 4) is 0 Å². The monoisotopic (exact) mass is 468 g/mol. The van der Waals surface area contributed by atoms with Crippen molar-refractivity contribution in [3.63, 3.8) is 0 Å². The Bertz CT molecular complexity index is 621. The number of rotatable bonds is 14. The van der Waals surface area contributed by atoms with Crippen LogP contribution in [0.15, 0.2) is 47.6 Å². The maximum absolute atomic E-state index is 10.4. The Labute approximate surface area is 221 Å². The second-order valence-corrected chi connectivity index (χ2v) is 6.21. The number of aliphatic carboxylic acids is 4. The van der Waals surface area contributed by atoms with Gasteiger partial charge in [-0.25, -0.2) is 0 Å². The van der Waals surface area contributed by atoms with E-state index in [1.807, 2.05) is 0 Å². The number of carboxylic acid groups (broad SMARTS) is 4. The molecule has 0 aromatic carbocycles. The van der Waals surface area contributed by atoms with Gasteiger partial charge in [-0.1, -0.05) is 63.8 Å². The zero-order chi connectivity index (χ0) is 23.4. The standard InChI is InChI=1S/2C11H16O4.2Mg/c2*1-2-3-4-5-6-7-9(11(14)15)8-10(12)13;;/h2*6-8H,2-5H2,1H3,(H,12,13)(H,14,15);;/q;;2*+2/p-4/b2*7-6+,9-8-;;. The zero-order valence-electron chi connectivity index (χ0n) is 18.8. The van der Waals surface area contributed by atoms with Gasteiger partial charge in [-0.2, -0.15) is 0 Å². The Kier molecular flexibility index (Phi) is 30.2. The summed E-state index contributed by atoms with van der Waals surface area (Å²) in [7, 11) is 0. The van der Waals surface area contributed by atoms with Gasteiger partial charge in [0.1, 0.15) is 0 Å². The van der Waals surface area contributed by atoms with E-state index in [0.29, 0.717) is 12.2 Å². The molecule has 0 radical (unpaired) electrons. The summed E-state index contributed by atoms with van der Waals surface area (Å²) in [6.07, 6.45) is 14.4. The Morgan fingerprint density at radius 2 is 0.906 bits per heavy atom. The van der Waals surface area contributed by atoms with E-state index in [9.17, 15) is 39.6 Å². The zero-order valence-corrected chi connectivity index (χ0v) is 21.6. The molecule has 0 saturated carbocycles. The van der Waals surface area contributed by atoms with Gasteiger partial charge in [-0.3, -0.25) is 0 Å². The quantitative estimate of drug-likeness (QED) is 0.126. The number of carbonyl (C=O) groups is 4. The molecule has 0 bridgehead atoms. The van der Waals surface area contributed by atoms with E-state index in [0.717, 1.165) is 51.4 Å². The van der Waals surface area contributed by atoms with Crippen LogP contribution in [0.5, 0.6) is 0 Å². The second kappa shape index (κ2) is 25.6. The summed E-state index contributed by atoms with van der Waals surface area (Å²) in [4.78, 5) is 41.1. The SMILES string of the molecule is CCCCC/C=C/C(=C/C(=O)[O-])C(=O)[O-].CCCCC/C=C/C(=C/C(=O)[O-])C(=O)[O-].[Mg+2].[Mg+2]. The van der Waals surface area contributed by atoms with E-state index in [4.69, 9.17) is 0 Å². The Balaban J connectivity index is -0.000000231. The van der Waals surface area contributed by atoms with Crippen molar-refractivity contribution in [3.05, 3.63) is 47.6 Å². The smallest absolute Gasteiger partial charge is 0.545 e. The number of hydrogen-bond donors (Lipinski definition) is 0. The first kappa shape index (κ1) is 37.7.